The minimum Gasteiger partial charge on any atom is -0.483 e. The summed E-state index contributed by atoms with van der Waals surface area (Å²) in [6.07, 6.45) is 2.24. The van der Waals surface area contributed by atoms with Crippen LogP contribution in [0.1, 0.15) is 6.42 Å². The first kappa shape index (κ1) is 7.54. The van der Waals surface area contributed by atoms with Gasteiger partial charge in [-0.1, -0.05) is 0 Å². The number of rotatable bonds is 3. The molecule has 1 saturated heterocycles. The topological polar surface area (TPSA) is 36.3 Å². The van der Waals surface area contributed by atoms with Crippen molar-refractivity contribution in [3.05, 3.63) is 0 Å². The molecule has 0 aromatic rings. The van der Waals surface area contributed by atoms with Gasteiger partial charge in [-0.3, -0.25) is 5.41 Å². The molecule has 1 rings (SSSR count). The molecule has 0 aromatic heterocycles. The highest BCUT2D eigenvalue weighted by Crippen LogP contribution is 2.13. The van der Waals surface area contributed by atoms with Crippen molar-refractivity contribution >= 4 is 6.40 Å². The predicted molar refractivity (Wildman–Crippen MR) is 40.3 cm³/mol. The minimum absolute atomic E-state index is 0.645. The predicted octanol–water partition coefficient (Wildman–Crippen LogP) is 0.562. The minimum atomic E-state index is 0.645. The average Bonchev–Trinajstić information content (AvgIpc) is 2.31. The molecule has 1 heterocycles. The Morgan fingerprint density at radius 2 is 2.60 bits per heavy atom. The summed E-state index contributed by atoms with van der Waals surface area (Å²) in [7, 11) is 2.12. The molecular formula is C7H14N2O. The van der Waals surface area contributed by atoms with Crippen LogP contribution in [0, 0.1) is 11.3 Å². The standard InChI is InChI=1S/C7H14N2O/c1-9-3-2-7(4-9)5-10-6-8/h6-8H,2-5H2,1H3. The Balaban J connectivity index is 2.12. The molecule has 0 saturated carbocycles. The van der Waals surface area contributed by atoms with E-state index in [9.17, 15) is 0 Å². The van der Waals surface area contributed by atoms with Crippen LogP contribution < -0.4 is 0 Å². The van der Waals surface area contributed by atoms with Gasteiger partial charge in [-0.15, -0.1) is 0 Å². The zero-order valence-corrected chi connectivity index (χ0v) is 6.34. The number of hydrogen-bond donors (Lipinski definition) is 1. The molecule has 1 atom stereocenters. The summed E-state index contributed by atoms with van der Waals surface area (Å²) >= 11 is 0. The maximum absolute atomic E-state index is 6.66. The summed E-state index contributed by atoms with van der Waals surface area (Å²) in [5.41, 5.74) is 0. The second-order valence-electron chi connectivity index (χ2n) is 2.87. The molecule has 0 spiro atoms. The van der Waals surface area contributed by atoms with Crippen molar-refractivity contribution in [1.82, 2.24) is 4.90 Å². The van der Waals surface area contributed by atoms with E-state index in [4.69, 9.17) is 10.1 Å². The van der Waals surface area contributed by atoms with Crippen LogP contribution in [-0.2, 0) is 4.74 Å². The molecule has 0 radical (unpaired) electrons. The number of hydrogen-bond acceptors (Lipinski definition) is 3. The van der Waals surface area contributed by atoms with Crippen LogP contribution in [0.4, 0.5) is 0 Å². The third kappa shape index (κ3) is 1.99. The molecule has 1 N–H and O–H groups in total. The molecule has 0 aromatic carbocycles. The quantitative estimate of drug-likeness (QED) is 0.462. The normalized spacial score (nSPS) is 26.7. The monoisotopic (exact) mass is 142 g/mol. The maximum Gasteiger partial charge on any atom is 0.166 e. The first-order valence-corrected chi connectivity index (χ1v) is 3.62. The highest BCUT2D eigenvalue weighted by Gasteiger charge is 2.18. The van der Waals surface area contributed by atoms with Crippen molar-refractivity contribution < 1.29 is 4.74 Å². The van der Waals surface area contributed by atoms with Crippen molar-refractivity contribution in [1.29, 1.82) is 5.41 Å². The number of nitrogens with zero attached hydrogens (tertiary/aromatic N) is 1. The fourth-order valence-corrected chi connectivity index (χ4v) is 1.35. The van der Waals surface area contributed by atoms with E-state index in [1.165, 1.54) is 13.0 Å². The van der Waals surface area contributed by atoms with Gasteiger partial charge in [0.05, 0.1) is 6.61 Å². The van der Waals surface area contributed by atoms with E-state index in [-0.39, 0.29) is 0 Å². The fourth-order valence-electron chi connectivity index (χ4n) is 1.35. The van der Waals surface area contributed by atoms with Gasteiger partial charge in [0.1, 0.15) is 0 Å². The Bertz CT molecular complexity index is 116. The molecule has 1 unspecified atom stereocenters. The lowest BCUT2D eigenvalue weighted by Crippen LogP contribution is -2.16. The molecule has 0 amide bonds. The lowest BCUT2D eigenvalue weighted by molar-refractivity contribution is 0.247. The first-order valence-electron chi connectivity index (χ1n) is 3.62. The van der Waals surface area contributed by atoms with E-state index in [1.54, 1.807) is 0 Å². The summed E-state index contributed by atoms with van der Waals surface area (Å²) in [6, 6.07) is 0. The van der Waals surface area contributed by atoms with Gasteiger partial charge in [-0.25, -0.2) is 0 Å². The Kier molecular flexibility index (Phi) is 2.68. The van der Waals surface area contributed by atoms with E-state index in [1.807, 2.05) is 0 Å². The summed E-state index contributed by atoms with van der Waals surface area (Å²) in [6.45, 7) is 3.01. The number of likely N-dealkylation sites (tertiary alicyclic amines) is 1. The van der Waals surface area contributed by atoms with Crippen molar-refractivity contribution in [3.8, 4) is 0 Å². The Hall–Kier alpha value is -0.570. The second-order valence-corrected chi connectivity index (χ2v) is 2.87. The van der Waals surface area contributed by atoms with Crippen LogP contribution in [0.2, 0.25) is 0 Å². The molecule has 1 aliphatic rings. The lowest BCUT2D eigenvalue weighted by atomic mass is 10.1. The number of nitrogens with one attached hydrogen (secondary N) is 1. The van der Waals surface area contributed by atoms with Gasteiger partial charge in [-0.05, 0) is 20.0 Å². The van der Waals surface area contributed by atoms with Crippen LogP contribution in [0.3, 0.4) is 0 Å². The highest BCUT2D eigenvalue weighted by atomic mass is 16.5. The van der Waals surface area contributed by atoms with Gasteiger partial charge in [0.25, 0.3) is 0 Å². The molecule has 1 aliphatic heterocycles. The van der Waals surface area contributed by atoms with E-state index < -0.39 is 0 Å². The van der Waals surface area contributed by atoms with E-state index in [0.717, 1.165) is 12.9 Å². The SMILES string of the molecule is CN1CCC(COC=N)C1. The summed E-state index contributed by atoms with van der Waals surface area (Å²) in [4.78, 5) is 2.29. The Labute approximate surface area is 61.5 Å². The van der Waals surface area contributed by atoms with Gasteiger partial charge < -0.3 is 9.64 Å². The molecular weight excluding hydrogens is 128 g/mol. The molecule has 1 fully saturated rings. The lowest BCUT2D eigenvalue weighted by Gasteiger charge is -2.08. The van der Waals surface area contributed by atoms with E-state index >= 15 is 0 Å². The summed E-state index contributed by atoms with van der Waals surface area (Å²) in [5, 5.41) is 6.66. The van der Waals surface area contributed by atoms with Gasteiger partial charge in [0.2, 0.25) is 0 Å². The molecule has 3 nitrogen and oxygen atoms in total. The zero-order chi connectivity index (χ0) is 7.40. The van der Waals surface area contributed by atoms with Gasteiger partial charge >= 0.3 is 0 Å². The first-order chi connectivity index (χ1) is 4.83. The van der Waals surface area contributed by atoms with Crippen molar-refractivity contribution in [2.24, 2.45) is 5.92 Å². The van der Waals surface area contributed by atoms with Crippen LogP contribution in [0.5, 0.6) is 0 Å². The summed E-state index contributed by atoms with van der Waals surface area (Å²) in [5.74, 6) is 0.645. The van der Waals surface area contributed by atoms with Crippen LogP contribution >= 0.6 is 0 Å². The van der Waals surface area contributed by atoms with Gasteiger partial charge in [-0.2, -0.15) is 0 Å². The third-order valence-corrected chi connectivity index (χ3v) is 1.90. The van der Waals surface area contributed by atoms with E-state index in [0.29, 0.717) is 12.5 Å². The largest absolute Gasteiger partial charge is 0.483 e. The Morgan fingerprint density at radius 3 is 3.10 bits per heavy atom. The second kappa shape index (κ2) is 3.56. The van der Waals surface area contributed by atoms with Gasteiger partial charge in [0, 0.05) is 12.5 Å². The van der Waals surface area contributed by atoms with E-state index in [2.05, 4.69) is 11.9 Å². The molecule has 0 aliphatic carbocycles. The molecule has 0 bridgehead atoms. The molecule has 10 heavy (non-hydrogen) atoms. The smallest absolute Gasteiger partial charge is 0.166 e. The molecule has 3 heteroatoms. The van der Waals surface area contributed by atoms with Crippen molar-refractivity contribution in [3.63, 3.8) is 0 Å². The third-order valence-electron chi connectivity index (χ3n) is 1.90. The van der Waals surface area contributed by atoms with Crippen molar-refractivity contribution in [2.45, 2.75) is 6.42 Å². The van der Waals surface area contributed by atoms with Crippen molar-refractivity contribution in [2.75, 3.05) is 26.7 Å². The maximum atomic E-state index is 6.66. The zero-order valence-electron chi connectivity index (χ0n) is 6.34. The Morgan fingerprint density at radius 1 is 1.80 bits per heavy atom. The van der Waals surface area contributed by atoms with Crippen LogP contribution in [0.25, 0.3) is 0 Å². The van der Waals surface area contributed by atoms with Gasteiger partial charge in [0.15, 0.2) is 6.40 Å². The fraction of sp³-hybridized carbons (Fsp3) is 0.857. The highest BCUT2D eigenvalue weighted by molar-refractivity contribution is 5.40. The molecule has 58 valence electrons. The average molecular weight is 142 g/mol. The number of ether oxygens (including phenoxy) is 1. The van der Waals surface area contributed by atoms with Crippen LogP contribution in [0.15, 0.2) is 0 Å². The van der Waals surface area contributed by atoms with Crippen LogP contribution in [-0.4, -0.2) is 38.0 Å². The summed E-state index contributed by atoms with van der Waals surface area (Å²) < 4.78 is 4.88.